The number of carbonyl (C=O) groups excluding carboxylic acids is 1. The van der Waals surface area contributed by atoms with E-state index in [0.717, 1.165) is 5.69 Å². The summed E-state index contributed by atoms with van der Waals surface area (Å²) in [6.07, 6.45) is -0.600. The van der Waals surface area contributed by atoms with Gasteiger partial charge in [0.15, 0.2) is 0 Å². The first-order valence-corrected chi connectivity index (χ1v) is 7.46. The molecule has 118 valence electrons. The summed E-state index contributed by atoms with van der Waals surface area (Å²) in [4.78, 5) is 11.8. The zero-order valence-corrected chi connectivity index (χ0v) is 13.3. The molecule has 1 aromatic carbocycles. The monoisotopic (exact) mass is 324 g/mol. The van der Waals surface area contributed by atoms with Crippen molar-refractivity contribution < 1.29 is 13.9 Å². The Morgan fingerprint density at radius 1 is 1.36 bits per heavy atom. The molecule has 6 nitrogen and oxygen atoms in total. The molecule has 0 aliphatic carbocycles. The summed E-state index contributed by atoms with van der Waals surface area (Å²) < 4.78 is 22.3. The quantitative estimate of drug-likeness (QED) is 0.898. The number of ether oxygens (including phenoxy) is 1. The van der Waals surface area contributed by atoms with Crippen molar-refractivity contribution in [3.05, 3.63) is 35.1 Å². The summed E-state index contributed by atoms with van der Waals surface area (Å²) in [5.41, 5.74) is 0.999. The number of aromatic nitrogens is 2. The van der Waals surface area contributed by atoms with Crippen LogP contribution in [-0.4, -0.2) is 21.3 Å². The molecule has 0 bridgehead atoms. The van der Waals surface area contributed by atoms with E-state index >= 15 is 0 Å². The molecule has 2 rings (SSSR count). The number of carbonyl (C=O) groups is 1. The van der Waals surface area contributed by atoms with E-state index in [1.54, 1.807) is 26.2 Å². The van der Waals surface area contributed by atoms with Crippen LogP contribution in [0.25, 0.3) is 0 Å². The van der Waals surface area contributed by atoms with Gasteiger partial charge in [-0.25, -0.2) is 9.18 Å². The number of halogens is 1. The van der Waals surface area contributed by atoms with Crippen LogP contribution >= 0.6 is 11.5 Å². The number of rotatable bonds is 4. The molecule has 0 atom stereocenters. The molecule has 0 radical (unpaired) electrons. The molecule has 8 heteroatoms. The topological polar surface area (TPSA) is 76.1 Å². The molecule has 1 aromatic heterocycles. The smallest absolute Gasteiger partial charge is 0.412 e. The van der Waals surface area contributed by atoms with Gasteiger partial charge in [0.2, 0.25) is 0 Å². The first-order chi connectivity index (χ1) is 10.3. The number of nitrogens with one attached hydrogen (secondary N) is 2. The SMILES string of the molecule is CC(C)(C)OC(=O)Nc1ccc(F)cc1NCc1csnn1. The third-order valence-electron chi connectivity index (χ3n) is 2.48. The summed E-state index contributed by atoms with van der Waals surface area (Å²) in [6.45, 7) is 5.69. The first kappa shape index (κ1) is 16.2. The van der Waals surface area contributed by atoms with Crippen molar-refractivity contribution in [3.63, 3.8) is 0 Å². The van der Waals surface area contributed by atoms with Gasteiger partial charge in [0.1, 0.15) is 11.4 Å². The maximum absolute atomic E-state index is 13.4. The fourth-order valence-electron chi connectivity index (χ4n) is 1.63. The minimum atomic E-state index is -0.607. The molecule has 2 N–H and O–H groups in total. The molecule has 0 aliphatic heterocycles. The van der Waals surface area contributed by atoms with Crippen molar-refractivity contribution in [1.82, 2.24) is 9.59 Å². The van der Waals surface area contributed by atoms with Gasteiger partial charge in [-0.2, -0.15) is 0 Å². The van der Waals surface area contributed by atoms with Crippen LogP contribution in [0.5, 0.6) is 0 Å². The summed E-state index contributed by atoms with van der Waals surface area (Å²) >= 11 is 1.23. The number of amides is 1. The lowest BCUT2D eigenvalue weighted by Gasteiger charge is -2.20. The number of hydrogen-bond donors (Lipinski definition) is 2. The lowest BCUT2D eigenvalue weighted by atomic mass is 10.2. The van der Waals surface area contributed by atoms with E-state index in [2.05, 4.69) is 20.2 Å². The predicted octanol–water partition coefficient (Wildman–Crippen LogP) is 3.64. The second-order valence-corrected chi connectivity index (χ2v) is 6.18. The van der Waals surface area contributed by atoms with Crippen molar-refractivity contribution in [2.24, 2.45) is 0 Å². The van der Waals surface area contributed by atoms with Gasteiger partial charge in [-0.3, -0.25) is 5.32 Å². The summed E-state index contributed by atoms with van der Waals surface area (Å²) in [5, 5.41) is 11.3. The molecule has 1 heterocycles. The van der Waals surface area contributed by atoms with Gasteiger partial charge in [0.25, 0.3) is 0 Å². The van der Waals surface area contributed by atoms with Crippen LogP contribution in [0.15, 0.2) is 23.6 Å². The van der Waals surface area contributed by atoms with Crippen LogP contribution in [0, 0.1) is 5.82 Å². The van der Waals surface area contributed by atoms with Gasteiger partial charge in [0, 0.05) is 5.38 Å². The second-order valence-electron chi connectivity index (χ2n) is 5.57. The summed E-state index contributed by atoms with van der Waals surface area (Å²) in [7, 11) is 0. The van der Waals surface area contributed by atoms with Crippen molar-refractivity contribution in [2.75, 3.05) is 10.6 Å². The van der Waals surface area contributed by atoms with Gasteiger partial charge in [-0.15, -0.1) is 5.10 Å². The molecule has 0 saturated heterocycles. The Morgan fingerprint density at radius 3 is 2.77 bits per heavy atom. The van der Waals surface area contributed by atoms with Gasteiger partial charge < -0.3 is 10.1 Å². The van der Waals surface area contributed by atoms with Crippen molar-refractivity contribution in [3.8, 4) is 0 Å². The summed E-state index contributed by atoms with van der Waals surface area (Å²) in [6, 6.07) is 4.04. The fraction of sp³-hybridized carbons (Fsp3) is 0.357. The molecule has 2 aromatic rings. The Morgan fingerprint density at radius 2 is 2.14 bits per heavy atom. The normalized spacial score (nSPS) is 11.1. The highest BCUT2D eigenvalue weighted by atomic mass is 32.1. The number of benzene rings is 1. The minimum absolute atomic E-state index is 0.378. The Labute approximate surface area is 131 Å². The van der Waals surface area contributed by atoms with E-state index in [9.17, 15) is 9.18 Å². The maximum atomic E-state index is 13.4. The van der Waals surface area contributed by atoms with E-state index in [4.69, 9.17) is 4.74 Å². The lowest BCUT2D eigenvalue weighted by molar-refractivity contribution is 0.0636. The third-order valence-corrected chi connectivity index (χ3v) is 3.04. The largest absolute Gasteiger partial charge is 0.444 e. The standard InChI is InChI=1S/C14H17FN4O2S/c1-14(2,3)21-13(20)17-11-5-4-9(15)6-12(11)16-7-10-8-22-19-18-10/h4-6,8,16H,7H2,1-3H3,(H,17,20). The zero-order valence-electron chi connectivity index (χ0n) is 12.5. The number of anilines is 2. The average Bonchev–Trinajstić information content (AvgIpc) is 2.90. The van der Waals surface area contributed by atoms with Crippen LogP contribution in [0.2, 0.25) is 0 Å². The van der Waals surface area contributed by atoms with Gasteiger partial charge in [-0.05, 0) is 50.5 Å². The second kappa shape index (κ2) is 6.69. The predicted molar refractivity (Wildman–Crippen MR) is 83.5 cm³/mol. The van der Waals surface area contributed by atoms with Crippen molar-refractivity contribution in [2.45, 2.75) is 32.9 Å². The van der Waals surface area contributed by atoms with Crippen LogP contribution < -0.4 is 10.6 Å². The molecule has 0 aliphatic rings. The van der Waals surface area contributed by atoms with Crippen LogP contribution in [0.3, 0.4) is 0 Å². The highest BCUT2D eigenvalue weighted by Gasteiger charge is 2.17. The lowest BCUT2D eigenvalue weighted by Crippen LogP contribution is -2.27. The Kier molecular flexibility index (Phi) is 4.92. The minimum Gasteiger partial charge on any atom is -0.444 e. The van der Waals surface area contributed by atoms with E-state index in [1.165, 1.54) is 29.7 Å². The average molecular weight is 324 g/mol. The van der Waals surface area contributed by atoms with Crippen LogP contribution in [-0.2, 0) is 11.3 Å². The molecule has 0 spiro atoms. The number of hydrogen-bond acceptors (Lipinski definition) is 6. The maximum Gasteiger partial charge on any atom is 0.412 e. The Hall–Kier alpha value is -2.22. The fourth-order valence-corrected chi connectivity index (χ4v) is 2.08. The van der Waals surface area contributed by atoms with E-state index in [0.29, 0.717) is 17.9 Å². The van der Waals surface area contributed by atoms with Gasteiger partial charge >= 0.3 is 6.09 Å². The van der Waals surface area contributed by atoms with E-state index < -0.39 is 17.5 Å². The van der Waals surface area contributed by atoms with E-state index in [-0.39, 0.29) is 0 Å². The molecule has 1 amide bonds. The highest BCUT2D eigenvalue weighted by molar-refractivity contribution is 7.03. The Balaban J connectivity index is 2.08. The molecule has 0 saturated carbocycles. The summed E-state index contributed by atoms with van der Waals surface area (Å²) in [5.74, 6) is -0.409. The molecular formula is C14H17FN4O2S. The van der Waals surface area contributed by atoms with Crippen molar-refractivity contribution >= 4 is 29.0 Å². The molecule has 0 unspecified atom stereocenters. The van der Waals surface area contributed by atoms with Crippen LogP contribution in [0.1, 0.15) is 26.5 Å². The molecule has 22 heavy (non-hydrogen) atoms. The van der Waals surface area contributed by atoms with Gasteiger partial charge in [-0.1, -0.05) is 4.49 Å². The van der Waals surface area contributed by atoms with E-state index in [1.807, 2.05) is 0 Å². The number of nitrogens with zero attached hydrogens (tertiary/aromatic N) is 2. The van der Waals surface area contributed by atoms with Crippen molar-refractivity contribution in [1.29, 1.82) is 0 Å². The third kappa shape index (κ3) is 4.96. The first-order valence-electron chi connectivity index (χ1n) is 6.63. The molecule has 0 fully saturated rings. The van der Waals surface area contributed by atoms with Crippen LogP contribution in [0.4, 0.5) is 20.6 Å². The highest BCUT2D eigenvalue weighted by Crippen LogP contribution is 2.24. The molecular weight excluding hydrogens is 307 g/mol. The Bertz CT molecular complexity index is 641. The van der Waals surface area contributed by atoms with Gasteiger partial charge in [0.05, 0.1) is 23.6 Å². The zero-order chi connectivity index (χ0) is 16.2.